The van der Waals surface area contributed by atoms with Crippen molar-refractivity contribution in [2.75, 3.05) is 6.54 Å². The number of carbonyl (C=O) groups is 1. The second-order valence-corrected chi connectivity index (χ2v) is 6.31. The van der Waals surface area contributed by atoms with Gasteiger partial charge in [0, 0.05) is 30.2 Å². The fourth-order valence-corrected chi connectivity index (χ4v) is 3.05. The largest absolute Gasteiger partial charge is 0.351 e. The van der Waals surface area contributed by atoms with Crippen molar-refractivity contribution in [3.63, 3.8) is 0 Å². The molecule has 0 saturated carbocycles. The fraction of sp³-hybridized carbons (Fsp3) is 0.235. The Balaban J connectivity index is 1.51. The summed E-state index contributed by atoms with van der Waals surface area (Å²) in [4.78, 5) is 16.5. The Kier molecular flexibility index (Phi) is 5.00. The minimum absolute atomic E-state index is 0.216. The molecule has 3 aromatic rings. The van der Waals surface area contributed by atoms with Crippen molar-refractivity contribution in [2.24, 2.45) is 0 Å². The maximum Gasteiger partial charge on any atom is 0.271 e. The number of nitrogens with zero attached hydrogens (tertiary/aromatic N) is 3. The molecule has 0 atom stereocenters. The number of nitrogens with one attached hydrogen (secondary N) is 1. The highest BCUT2D eigenvalue weighted by Gasteiger charge is 2.10. The van der Waals surface area contributed by atoms with Crippen LogP contribution in [0.25, 0.3) is 5.69 Å². The van der Waals surface area contributed by atoms with Crippen LogP contribution < -0.4 is 5.32 Å². The van der Waals surface area contributed by atoms with Gasteiger partial charge in [0.05, 0.1) is 10.7 Å². The molecule has 24 heavy (non-hydrogen) atoms. The monoisotopic (exact) mass is 344 g/mol. The minimum Gasteiger partial charge on any atom is -0.351 e. The molecule has 0 bridgehead atoms. The number of rotatable bonds is 6. The summed E-state index contributed by atoms with van der Waals surface area (Å²) in [6, 6.07) is 7.58. The summed E-state index contributed by atoms with van der Waals surface area (Å²) >= 11 is 1.64. The van der Waals surface area contributed by atoms with E-state index in [1.54, 1.807) is 40.4 Å². The molecule has 2 aromatic heterocycles. The molecule has 1 N–H and O–H groups in total. The molecule has 0 aliphatic heterocycles. The second kappa shape index (κ2) is 7.35. The number of halogens is 1. The Morgan fingerprint density at radius 2 is 2.08 bits per heavy atom. The zero-order valence-corrected chi connectivity index (χ0v) is 14.0. The van der Waals surface area contributed by atoms with Crippen molar-refractivity contribution < 1.29 is 9.18 Å². The zero-order valence-electron chi connectivity index (χ0n) is 13.2. The van der Waals surface area contributed by atoms with E-state index in [0.717, 1.165) is 23.5 Å². The van der Waals surface area contributed by atoms with E-state index in [9.17, 15) is 9.18 Å². The van der Waals surface area contributed by atoms with Gasteiger partial charge in [0.1, 0.15) is 5.82 Å². The molecular weight excluding hydrogens is 327 g/mol. The van der Waals surface area contributed by atoms with Crippen molar-refractivity contribution in [3.8, 4) is 5.69 Å². The van der Waals surface area contributed by atoms with Crippen LogP contribution in [0.3, 0.4) is 0 Å². The van der Waals surface area contributed by atoms with Gasteiger partial charge in [-0.2, -0.15) is 5.10 Å². The van der Waals surface area contributed by atoms with Crippen LogP contribution in [0.2, 0.25) is 0 Å². The molecular formula is C17H17FN4OS. The second-order valence-electron chi connectivity index (χ2n) is 5.36. The zero-order chi connectivity index (χ0) is 16.9. The van der Waals surface area contributed by atoms with E-state index in [-0.39, 0.29) is 11.7 Å². The Morgan fingerprint density at radius 3 is 2.79 bits per heavy atom. The lowest BCUT2D eigenvalue weighted by atomic mass is 10.3. The number of aromatic nitrogens is 3. The van der Waals surface area contributed by atoms with Gasteiger partial charge in [0.15, 0.2) is 5.69 Å². The molecule has 124 valence electrons. The number of benzene rings is 1. The van der Waals surface area contributed by atoms with Gasteiger partial charge in [0.25, 0.3) is 5.91 Å². The van der Waals surface area contributed by atoms with Crippen molar-refractivity contribution in [1.82, 2.24) is 20.1 Å². The van der Waals surface area contributed by atoms with Crippen LogP contribution in [-0.4, -0.2) is 27.2 Å². The molecule has 0 spiro atoms. The smallest absolute Gasteiger partial charge is 0.271 e. The van der Waals surface area contributed by atoms with E-state index in [4.69, 9.17) is 0 Å². The Bertz CT molecular complexity index is 825. The number of amides is 1. The molecule has 0 aliphatic rings. The maximum atomic E-state index is 12.9. The maximum absolute atomic E-state index is 12.9. The summed E-state index contributed by atoms with van der Waals surface area (Å²) in [7, 11) is 0. The molecule has 1 amide bonds. The lowest BCUT2D eigenvalue weighted by molar-refractivity contribution is 0.0948. The van der Waals surface area contributed by atoms with Crippen LogP contribution >= 0.6 is 11.3 Å². The van der Waals surface area contributed by atoms with E-state index in [1.165, 1.54) is 12.1 Å². The van der Waals surface area contributed by atoms with Gasteiger partial charge in [-0.1, -0.05) is 0 Å². The minimum atomic E-state index is -0.306. The third-order valence-electron chi connectivity index (χ3n) is 3.43. The normalized spacial score (nSPS) is 10.8. The van der Waals surface area contributed by atoms with Crippen LogP contribution in [0, 0.1) is 12.7 Å². The van der Waals surface area contributed by atoms with Crippen molar-refractivity contribution >= 4 is 17.2 Å². The highest BCUT2D eigenvalue weighted by atomic mass is 32.1. The molecule has 1 aromatic carbocycles. The van der Waals surface area contributed by atoms with Gasteiger partial charge < -0.3 is 5.32 Å². The van der Waals surface area contributed by atoms with Crippen LogP contribution in [0.4, 0.5) is 4.39 Å². The van der Waals surface area contributed by atoms with Crippen LogP contribution in [0.1, 0.15) is 27.6 Å². The fourth-order valence-electron chi connectivity index (χ4n) is 2.23. The average molecular weight is 344 g/mol. The molecule has 0 fully saturated rings. The Hall–Kier alpha value is -2.54. The summed E-state index contributed by atoms with van der Waals surface area (Å²) in [6.07, 6.45) is 3.36. The van der Waals surface area contributed by atoms with Crippen molar-refractivity contribution in [2.45, 2.75) is 19.8 Å². The van der Waals surface area contributed by atoms with E-state index < -0.39 is 0 Å². The summed E-state index contributed by atoms with van der Waals surface area (Å²) in [5.74, 6) is -0.523. The van der Waals surface area contributed by atoms with Gasteiger partial charge in [-0.15, -0.1) is 11.3 Å². The van der Waals surface area contributed by atoms with E-state index >= 15 is 0 Å². The van der Waals surface area contributed by atoms with Crippen LogP contribution in [0.15, 0.2) is 41.9 Å². The van der Waals surface area contributed by atoms with Gasteiger partial charge in [-0.05, 0) is 43.7 Å². The van der Waals surface area contributed by atoms with Crippen molar-refractivity contribution in [1.29, 1.82) is 0 Å². The molecule has 5 nitrogen and oxygen atoms in total. The van der Waals surface area contributed by atoms with Crippen LogP contribution in [0.5, 0.6) is 0 Å². The van der Waals surface area contributed by atoms with E-state index in [1.807, 2.05) is 12.3 Å². The molecule has 0 radical (unpaired) electrons. The van der Waals surface area contributed by atoms with Crippen molar-refractivity contribution in [3.05, 3.63) is 64.1 Å². The first-order valence-corrected chi connectivity index (χ1v) is 8.50. The highest BCUT2D eigenvalue weighted by Crippen LogP contribution is 2.11. The molecule has 0 saturated heterocycles. The number of carbonyl (C=O) groups excluding carboxylic acids is 1. The Labute approximate surface area is 143 Å². The average Bonchev–Trinajstić information content (AvgIpc) is 3.21. The van der Waals surface area contributed by atoms with Crippen LogP contribution in [-0.2, 0) is 6.42 Å². The number of hydrogen-bond acceptors (Lipinski definition) is 4. The SMILES string of the molecule is Cc1csc(CCCNC(=O)c2ccn(-c3ccc(F)cc3)n2)n1. The lowest BCUT2D eigenvalue weighted by Crippen LogP contribution is -2.25. The number of hydrogen-bond donors (Lipinski definition) is 1. The summed E-state index contributed by atoms with van der Waals surface area (Å²) < 4.78 is 14.5. The third kappa shape index (κ3) is 4.05. The molecule has 0 aliphatic carbocycles. The topological polar surface area (TPSA) is 59.8 Å². The summed E-state index contributed by atoms with van der Waals surface area (Å²) in [5, 5.41) is 10.2. The lowest BCUT2D eigenvalue weighted by Gasteiger charge is -2.03. The first-order valence-electron chi connectivity index (χ1n) is 7.62. The molecule has 7 heteroatoms. The van der Waals surface area contributed by atoms with Gasteiger partial charge in [-0.25, -0.2) is 14.1 Å². The molecule has 2 heterocycles. The predicted molar refractivity (Wildman–Crippen MR) is 91.0 cm³/mol. The first kappa shape index (κ1) is 16.3. The Morgan fingerprint density at radius 1 is 1.29 bits per heavy atom. The standard InChI is InChI=1S/C17H17FN4OS/c1-12-11-24-16(20-12)3-2-9-19-17(23)15-8-10-22(21-15)14-6-4-13(18)5-7-14/h4-8,10-11H,2-3,9H2,1H3,(H,19,23). The van der Waals surface area contributed by atoms with Gasteiger partial charge >= 0.3 is 0 Å². The number of aryl methyl sites for hydroxylation is 2. The molecule has 3 rings (SSSR count). The van der Waals surface area contributed by atoms with E-state index in [2.05, 4.69) is 15.4 Å². The number of thiazole rings is 1. The van der Waals surface area contributed by atoms with E-state index in [0.29, 0.717) is 17.9 Å². The molecule has 0 unspecified atom stereocenters. The predicted octanol–water partition coefficient (Wildman–Crippen LogP) is 3.14. The van der Waals surface area contributed by atoms with Gasteiger partial charge in [0.2, 0.25) is 0 Å². The quantitative estimate of drug-likeness (QED) is 0.699. The third-order valence-corrected chi connectivity index (χ3v) is 4.46. The summed E-state index contributed by atoms with van der Waals surface area (Å²) in [5.41, 5.74) is 2.07. The van der Waals surface area contributed by atoms with Gasteiger partial charge in [-0.3, -0.25) is 4.79 Å². The first-order chi connectivity index (χ1) is 11.6. The highest BCUT2D eigenvalue weighted by molar-refractivity contribution is 7.09. The summed E-state index contributed by atoms with van der Waals surface area (Å²) in [6.45, 7) is 2.54.